The molecule has 1 aliphatic rings. The molecule has 0 amide bonds. The zero-order chi connectivity index (χ0) is 18.6. The number of aryl methyl sites for hydroxylation is 2. The number of nitrogens with one attached hydrogen (secondary N) is 1. The van der Waals surface area contributed by atoms with Gasteiger partial charge in [0.15, 0.2) is 0 Å². The van der Waals surface area contributed by atoms with Gasteiger partial charge in [-0.2, -0.15) is 5.10 Å². The summed E-state index contributed by atoms with van der Waals surface area (Å²) in [5.41, 5.74) is 1.54. The Kier molecular flexibility index (Phi) is 6.08. The fraction of sp³-hybridized carbons (Fsp3) is 0.500. The highest BCUT2D eigenvalue weighted by atomic mass is 32.2. The van der Waals surface area contributed by atoms with Crippen molar-refractivity contribution in [3.05, 3.63) is 47.8 Å². The lowest BCUT2D eigenvalue weighted by atomic mass is 10.1. The minimum absolute atomic E-state index is 0.215. The predicted octanol–water partition coefficient (Wildman–Crippen LogP) is 1.86. The molecule has 0 saturated carbocycles. The Labute approximate surface area is 154 Å². The number of aromatic nitrogens is 2. The number of hydrogen-bond donors (Lipinski definition) is 1. The van der Waals surface area contributed by atoms with E-state index < -0.39 is 10.0 Å². The molecule has 1 aromatic carbocycles. The van der Waals surface area contributed by atoms with E-state index in [-0.39, 0.29) is 17.0 Å². The molecule has 3 rings (SSSR count). The van der Waals surface area contributed by atoms with Crippen LogP contribution >= 0.6 is 0 Å². The molecule has 2 atom stereocenters. The Morgan fingerprint density at radius 3 is 2.81 bits per heavy atom. The van der Waals surface area contributed by atoms with Crippen molar-refractivity contribution in [2.75, 3.05) is 13.2 Å². The van der Waals surface area contributed by atoms with Crippen LogP contribution in [-0.4, -0.2) is 43.6 Å². The van der Waals surface area contributed by atoms with Gasteiger partial charge < -0.3 is 9.47 Å². The standard InChI is InChI=1S/C18H25N3O4S/c1-3-21-11-18(14(2)19-21)26(22,23)20-16-9-10-24-13-17(16)25-12-15-7-5-4-6-8-15/h4-8,11,16-17,20H,3,9-10,12-13H2,1-2H3/t16-,17-/m1/s1. The molecule has 1 aliphatic heterocycles. The molecule has 2 heterocycles. The first kappa shape index (κ1) is 19.0. The van der Waals surface area contributed by atoms with Crippen LogP contribution in [0.5, 0.6) is 0 Å². The van der Waals surface area contributed by atoms with Crippen LogP contribution in [0, 0.1) is 6.92 Å². The quantitative estimate of drug-likeness (QED) is 0.794. The first-order valence-electron chi connectivity index (χ1n) is 8.79. The molecular weight excluding hydrogens is 354 g/mol. The van der Waals surface area contributed by atoms with Gasteiger partial charge in [-0.25, -0.2) is 13.1 Å². The van der Waals surface area contributed by atoms with Crippen LogP contribution in [0.2, 0.25) is 0 Å². The molecule has 142 valence electrons. The molecule has 1 fully saturated rings. The van der Waals surface area contributed by atoms with Crippen molar-refractivity contribution in [3.8, 4) is 0 Å². The number of rotatable bonds is 7. The summed E-state index contributed by atoms with van der Waals surface area (Å²) in [6.07, 6.45) is 1.80. The zero-order valence-corrected chi connectivity index (χ0v) is 15.9. The topological polar surface area (TPSA) is 82.5 Å². The first-order chi connectivity index (χ1) is 12.5. The van der Waals surface area contributed by atoms with E-state index in [9.17, 15) is 8.42 Å². The molecule has 0 bridgehead atoms. The molecule has 0 radical (unpaired) electrons. The largest absolute Gasteiger partial charge is 0.379 e. The van der Waals surface area contributed by atoms with Crippen molar-refractivity contribution >= 4 is 10.0 Å². The Morgan fingerprint density at radius 2 is 2.12 bits per heavy atom. The van der Waals surface area contributed by atoms with E-state index in [1.165, 1.54) is 0 Å². The normalized spacial score (nSPS) is 21.0. The average Bonchev–Trinajstić information content (AvgIpc) is 3.03. The summed E-state index contributed by atoms with van der Waals surface area (Å²) < 4.78 is 41.5. The van der Waals surface area contributed by atoms with Crippen molar-refractivity contribution in [1.82, 2.24) is 14.5 Å². The lowest BCUT2D eigenvalue weighted by Crippen LogP contribution is -2.49. The average molecular weight is 379 g/mol. The highest BCUT2D eigenvalue weighted by Gasteiger charge is 2.32. The first-order valence-corrected chi connectivity index (χ1v) is 10.3. The van der Waals surface area contributed by atoms with Crippen LogP contribution in [0.1, 0.15) is 24.6 Å². The third-order valence-corrected chi connectivity index (χ3v) is 6.03. The zero-order valence-electron chi connectivity index (χ0n) is 15.1. The van der Waals surface area contributed by atoms with E-state index in [1.807, 2.05) is 37.3 Å². The number of benzene rings is 1. The summed E-state index contributed by atoms with van der Waals surface area (Å²) in [7, 11) is -3.66. The second-order valence-electron chi connectivity index (χ2n) is 6.36. The van der Waals surface area contributed by atoms with E-state index >= 15 is 0 Å². The van der Waals surface area contributed by atoms with Gasteiger partial charge in [0.2, 0.25) is 10.0 Å². The van der Waals surface area contributed by atoms with Gasteiger partial charge in [-0.15, -0.1) is 0 Å². The Morgan fingerprint density at radius 1 is 1.35 bits per heavy atom. The Bertz CT molecular complexity index is 820. The highest BCUT2D eigenvalue weighted by molar-refractivity contribution is 7.89. The van der Waals surface area contributed by atoms with Crippen molar-refractivity contribution in [1.29, 1.82) is 0 Å². The molecule has 2 aromatic rings. The van der Waals surface area contributed by atoms with Crippen molar-refractivity contribution in [3.63, 3.8) is 0 Å². The van der Waals surface area contributed by atoms with Crippen LogP contribution in [0.3, 0.4) is 0 Å². The van der Waals surface area contributed by atoms with Crippen molar-refractivity contribution in [2.24, 2.45) is 0 Å². The molecule has 26 heavy (non-hydrogen) atoms. The van der Waals surface area contributed by atoms with Crippen LogP contribution in [0.25, 0.3) is 0 Å². The highest BCUT2D eigenvalue weighted by Crippen LogP contribution is 2.19. The molecule has 0 aliphatic carbocycles. The lowest BCUT2D eigenvalue weighted by Gasteiger charge is -2.31. The fourth-order valence-corrected chi connectivity index (χ4v) is 4.46. The van der Waals surface area contributed by atoms with E-state index in [1.54, 1.807) is 17.8 Å². The predicted molar refractivity (Wildman–Crippen MR) is 97.2 cm³/mol. The van der Waals surface area contributed by atoms with Crippen molar-refractivity contribution < 1.29 is 17.9 Å². The summed E-state index contributed by atoms with van der Waals surface area (Å²) in [6.45, 7) is 5.53. The number of hydrogen-bond acceptors (Lipinski definition) is 5. The molecule has 0 spiro atoms. The molecule has 8 heteroatoms. The van der Waals surface area contributed by atoms with Gasteiger partial charge >= 0.3 is 0 Å². The third kappa shape index (κ3) is 4.50. The van der Waals surface area contributed by atoms with Gasteiger partial charge in [0, 0.05) is 19.3 Å². The van der Waals surface area contributed by atoms with Gasteiger partial charge in [0.25, 0.3) is 0 Å². The molecule has 0 unspecified atom stereocenters. The minimum atomic E-state index is -3.66. The second-order valence-corrected chi connectivity index (χ2v) is 8.04. The molecule has 1 saturated heterocycles. The van der Waals surface area contributed by atoms with Gasteiger partial charge in [-0.1, -0.05) is 30.3 Å². The van der Waals surface area contributed by atoms with E-state index in [0.29, 0.717) is 38.5 Å². The number of nitrogens with zero attached hydrogens (tertiary/aromatic N) is 2. The van der Waals surface area contributed by atoms with Gasteiger partial charge in [-0.05, 0) is 25.8 Å². The molecule has 1 N–H and O–H groups in total. The summed E-state index contributed by atoms with van der Waals surface area (Å²) in [4.78, 5) is 0.215. The Balaban J connectivity index is 1.70. The Hall–Kier alpha value is -1.74. The third-order valence-electron chi connectivity index (χ3n) is 4.43. The monoisotopic (exact) mass is 379 g/mol. The lowest BCUT2D eigenvalue weighted by molar-refractivity contribution is -0.0711. The fourth-order valence-electron chi connectivity index (χ4n) is 2.98. The van der Waals surface area contributed by atoms with Gasteiger partial charge in [-0.3, -0.25) is 4.68 Å². The van der Waals surface area contributed by atoms with Gasteiger partial charge in [0.1, 0.15) is 4.90 Å². The summed E-state index contributed by atoms with van der Waals surface area (Å²) in [5, 5.41) is 4.23. The molecular formula is C18H25N3O4S. The number of sulfonamides is 1. The number of ether oxygens (including phenoxy) is 2. The summed E-state index contributed by atoms with van der Waals surface area (Å²) in [6, 6.07) is 9.47. The van der Waals surface area contributed by atoms with E-state index in [4.69, 9.17) is 9.47 Å². The summed E-state index contributed by atoms with van der Waals surface area (Å²) in [5.74, 6) is 0. The van der Waals surface area contributed by atoms with Crippen LogP contribution in [0.15, 0.2) is 41.4 Å². The van der Waals surface area contributed by atoms with E-state index in [2.05, 4.69) is 9.82 Å². The van der Waals surface area contributed by atoms with Crippen LogP contribution in [0.4, 0.5) is 0 Å². The molecule has 1 aromatic heterocycles. The smallest absolute Gasteiger partial charge is 0.244 e. The molecule has 7 nitrogen and oxygen atoms in total. The minimum Gasteiger partial charge on any atom is -0.379 e. The van der Waals surface area contributed by atoms with Crippen LogP contribution < -0.4 is 4.72 Å². The SMILES string of the molecule is CCn1cc(S(=O)(=O)N[C@@H]2CCOC[C@H]2OCc2ccccc2)c(C)n1. The van der Waals surface area contributed by atoms with Crippen molar-refractivity contribution in [2.45, 2.75) is 50.5 Å². The van der Waals surface area contributed by atoms with Crippen LogP contribution in [-0.2, 0) is 32.6 Å². The van der Waals surface area contributed by atoms with E-state index in [0.717, 1.165) is 5.56 Å². The summed E-state index contributed by atoms with van der Waals surface area (Å²) >= 11 is 0. The maximum atomic E-state index is 12.8. The maximum Gasteiger partial charge on any atom is 0.244 e. The second kappa shape index (κ2) is 8.30. The maximum absolute atomic E-state index is 12.8. The van der Waals surface area contributed by atoms with Gasteiger partial charge in [0.05, 0.1) is 31.1 Å².